The molecule has 39 heavy (non-hydrogen) atoms. The van der Waals surface area contributed by atoms with Crippen LogP contribution in [0.5, 0.6) is 11.5 Å². The first-order chi connectivity index (χ1) is 18.7. The number of hydrogen-bond donors (Lipinski definition) is 2. The summed E-state index contributed by atoms with van der Waals surface area (Å²) < 4.78 is 46.6. The van der Waals surface area contributed by atoms with Crippen LogP contribution in [0.1, 0.15) is 62.4 Å². The van der Waals surface area contributed by atoms with Crippen LogP contribution in [-0.2, 0) is 22.4 Å². The molecule has 2 aromatic rings. The van der Waals surface area contributed by atoms with E-state index in [1.54, 1.807) is 4.90 Å². The minimum atomic E-state index is -1.72. The predicted molar refractivity (Wildman–Crippen MR) is 142 cm³/mol. The number of carboxylic acids is 1. The van der Waals surface area contributed by atoms with Crippen LogP contribution in [-0.4, -0.2) is 71.7 Å². The third-order valence-corrected chi connectivity index (χ3v) is 7.67. The number of benzene rings is 1. The van der Waals surface area contributed by atoms with E-state index in [4.69, 9.17) is 19.2 Å². The number of carbonyl (C=O) groups is 1. The number of aryl methyl sites for hydroxylation is 2. The second-order valence-corrected chi connectivity index (χ2v) is 11.1. The van der Waals surface area contributed by atoms with Gasteiger partial charge < -0.3 is 24.6 Å². The van der Waals surface area contributed by atoms with Crippen molar-refractivity contribution in [2.75, 3.05) is 38.2 Å². The number of carboxylic acid groups (broad SMARTS) is 1. The predicted octanol–water partition coefficient (Wildman–Crippen LogP) is 4.71. The van der Waals surface area contributed by atoms with Crippen molar-refractivity contribution in [1.82, 2.24) is 9.88 Å². The van der Waals surface area contributed by atoms with Crippen LogP contribution in [0.4, 0.5) is 14.6 Å². The molecule has 0 radical (unpaired) electrons. The standard InChI is InChI=1S/C29H37F2N3O5/c1-29(2,31)24-17-38-23-15-19(30)14-22(26(23)39-24)25(28(35)36)34-12-10-21(16-34)37-13-4-3-7-20-9-8-18-6-5-11-32-27(18)33-20/h8-9,14-15,21,24-25H,3-7,10-13,16-17H2,1-2H3,(H,32,33)(H,35,36)/t21-,24?,25?/m1/s1. The van der Waals surface area contributed by atoms with Gasteiger partial charge in [-0.25, -0.2) is 13.8 Å². The molecule has 10 heteroatoms. The summed E-state index contributed by atoms with van der Waals surface area (Å²) in [7, 11) is 0. The Hall–Kier alpha value is -2.98. The molecule has 1 fully saturated rings. The first-order valence-electron chi connectivity index (χ1n) is 13.8. The molecule has 1 aromatic carbocycles. The van der Waals surface area contributed by atoms with E-state index in [-0.39, 0.29) is 29.8 Å². The second-order valence-electron chi connectivity index (χ2n) is 11.1. The zero-order valence-corrected chi connectivity index (χ0v) is 22.6. The zero-order chi connectivity index (χ0) is 27.6. The van der Waals surface area contributed by atoms with E-state index < -0.39 is 29.6 Å². The molecule has 0 amide bonds. The van der Waals surface area contributed by atoms with E-state index in [2.05, 4.69) is 17.4 Å². The molecule has 212 valence electrons. The molecule has 0 bridgehead atoms. The van der Waals surface area contributed by atoms with Crippen molar-refractivity contribution < 1.29 is 32.9 Å². The van der Waals surface area contributed by atoms with Crippen LogP contribution < -0.4 is 14.8 Å². The molecular formula is C29H37F2N3O5. The molecule has 0 aliphatic carbocycles. The lowest BCUT2D eigenvalue weighted by atomic mass is 10.00. The molecule has 3 aliphatic rings. The van der Waals surface area contributed by atoms with E-state index in [0.29, 0.717) is 26.1 Å². The largest absolute Gasteiger partial charge is 0.486 e. The maximum absolute atomic E-state index is 14.6. The Bertz CT molecular complexity index is 1190. The molecule has 0 saturated carbocycles. The highest BCUT2D eigenvalue weighted by molar-refractivity contribution is 5.77. The average molecular weight is 546 g/mol. The van der Waals surface area contributed by atoms with Crippen LogP contribution >= 0.6 is 0 Å². The Balaban J connectivity index is 1.16. The average Bonchev–Trinajstić information content (AvgIpc) is 3.35. The number of fused-ring (bicyclic) bond motifs is 2. The highest BCUT2D eigenvalue weighted by Crippen LogP contribution is 2.43. The maximum atomic E-state index is 14.6. The summed E-state index contributed by atoms with van der Waals surface area (Å²) in [5.41, 5.74) is 0.756. The number of rotatable bonds is 10. The summed E-state index contributed by atoms with van der Waals surface area (Å²) in [6, 6.07) is 5.39. The van der Waals surface area contributed by atoms with Gasteiger partial charge in [0, 0.05) is 43.6 Å². The van der Waals surface area contributed by atoms with Gasteiger partial charge in [-0.3, -0.25) is 9.69 Å². The number of hydrogen-bond acceptors (Lipinski definition) is 7. The Morgan fingerprint density at radius 3 is 2.97 bits per heavy atom. The highest BCUT2D eigenvalue weighted by Gasteiger charge is 2.41. The lowest BCUT2D eigenvalue weighted by molar-refractivity contribution is -0.143. The molecule has 2 unspecified atom stereocenters. The fraction of sp³-hybridized carbons (Fsp3) is 0.586. The van der Waals surface area contributed by atoms with Crippen LogP contribution in [0, 0.1) is 5.82 Å². The van der Waals surface area contributed by atoms with Crippen molar-refractivity contribution in [3.63, 3.8) is 0 Å². The van der Waals surface area contributed by atoms with Crippen molar-refractivity contribution in [3.8, 4) is 11.5 Å². The smallest absolute Gasteiger partial charge is 0.325 e. The quantitative estimate of drug-likeness (QED) is 0.415. The number of nitrogens with zero attached hydrogens (tertiary/aromatic N) is 2. The summed E-state index contributed by atoms with van der Waals surface area (Å²) in [4.78, 5) is 18.9. The highest BCUT2D eigenvalue weighted by atomic mass is 19.1. The lowest BCUT2D eigenvalue weighted by Gasteiger charge is -2.35. The fourth-order valence-corrected chi connectivity index (χ4v) is 5.48. The molecule has 0 spiro atoms. The Morgan fingerprint density at radius 1 is 1.33 bits per heavy atom. The monoisotopic (exact) mass is 545 g/mol. The van der Waals surface area contributed by atoms with Crippen LogP contribution in [0.15, 0.2) is 24.3 Å². The number of nitrogens with one attached hydrogen (secondary N) is 1. The van der Waals surface area contributed by atoms with Gasteiger partial charge in [0.25, 0.3) is 0 Å². The summed E-state index contributed by atoms with van der Waals surface area (Å²) in [5, 5.41) is 13.5. The summed E-state index contributed by atoms with van der Waals surface area (Å²) >= 11 is 0. The van der Waals surface area contributed by atoms with Crippen molar-refractivity contribution in [2.24, 2.45) is 0 Å². The minimum Gasteiger partial charge on any atom is -0.486 e. The van der Waals surface area contributed by atoms with Crippen LogP contribution in [0.25, 0.3) is 0 Å². The fourth-order valence-electron chi connectivity index (χ4n) is 5.48. The molecule has 5 rings (SSSR count). The van der Waals surface area contributed by atoms with E-state index in [0.717, 1.165) is 62.3 Å². The first-order valence-corrected chi connectivity index (χ1v) is 13.8. The van der Waals surface area contributed by atoms with Crippen molar-refractivity contribution in [3.05, 3.63) is 46.9 Å². The Labute approximate surface area is 227 Å². The normalized spacial score (nSPS) is 21.7. The van der Waals surface area contributed by atoms with Crippen molar-refractivity contribution in [1.29, 1.82) is 0 Å². The SMILES string of the molecule is CC(C)(F)C1COc2cc(F)cc(C(C(=O)O)N3CC[C@@H](OCCCCc4ccc5c(n4)NCCC5)C3)c2O1. The van der Waals surface area contributed by atoms with Crippen molar-refractivity contribution in [2.45, 2.75) is 76.3 Å². The number of ether oxygens (including phenoxy) is 3. The number of aromatic nitrogens is 1. The lowest BCUT2D eigenvalue weighted by Crippen LogP contribution is -2.44. The van der Waals surface area contributed by atoms with Crippen molar-refractivity contribution >= 4 is 11.8 Å². The van der Waals surface area contributed by atoms with E-state index in [1.807, 2.05) is 0 Å². The number of alkyl halides is 1. The molecule has 1 saturated heterocycles. The van der Waals surface area contributed by atoms with Gasteiger partial charge in [-0.1, -0.05) is 6.07 Å². The van der Waals surface area contributed by atoms with Gasteiger partial charge in [0.15, 0.2) is 17.6 Å². The molecular weight excluding hydrogens is 508 g/mol. The molecule has 3 aliphatic heterocycles. The Morgan fingerprint density at radius 2 is 2.18 bits per heavy atom. The Kier molecular flexibility index (Phi) is 8.23. The summed E-state index contributed by atoms with van der Waals surface area (Å²) in [6.45, 7) is 5.04. The molecule has 4 heterocycles. The number of pyridine rings is 1. The van der Waals surface area contributed by atoms with Gasteiger partial charge in [0.1, 0.15) is 30.0 Å². The number of unbranched alkanes of at least 4 members (excludes halogenated alkanes) is 1. The van der Waals surface area contributed by atoms with Gasteiger partial charge >= 0.3 is 5.97 Å². The van der Waals surface area contributed by atoms with E-state index in [1.165, 1.54) is 19.4 Å². The van der Waals surface area contributed by atoms with Gasteiger partial charge in [0.05, 0.1) is 6.10 Å². The number of aliphatic carboxylic acids is 1. The molecule has 1 aromatic heterocycles. The third-order valence-electron chi connectivity index (χ3n) is 7.67. The molecule has 8 nitrogen and oxygen atoms in total. The molecule has 3 atom stereocenters. The van der Waals surface area contributed by atoms with E-state index >= 15 is 0 Å². The first kappa shape index (κ1) is 27.6. The van der Waals surface area contributed by atoms with E-state index in [9.17, 15) is 18.7 Å². The zero-order valence-electron chi connectivity index (χ0n) is 22.6. The minimum absolute atomic E-state index is 0.0844. The van der Waals surface area contributed by atoms with Gasteiger partial charge in [-0.05, 0) is 70.1 Å². The summed E-state index contributed by atoms with van der Waals surface area (Å²) in [5.74, 6) is -0.586. The second kappa shape index (κ2) is 11.6. The maximum Gasteiger partial charge on any atom is 0.325 e. The summed E-state index contributed by atoms with van der Waals surface area (Å²) in [6.07, 6.45) is 4.50. The van der Waals surface area contributed by atoms with Gasteiger partial charge in [0.2, 0.25) is 0 Å². The van der Waals surface area contributed by atoms with Crippen LogP contribution in [0.3, 0.4) is 0 Å². The van der Waals surface area contributed by atoms with Gasteiger partial charge in [-0.15, -0.1) is 0 Å². The van der Waals surface area contributed by atoms with Gasteiger partial charge in [-0.2, -0.15) is 0 Å². The number of anilines is 1. The third kappa shape index (κ3) is 6.44. The molecule has 2 N–H and O–H groups in total. The topological polar surface area (TPSA) is 93.2 Å². The number of likely N-dealkylation sites (tertiary alicyclic amines) is 1. The number of halogens is 2. The van der Waals surface area contributed by atoms with Crippen LogP contribution in [0.2, 0.25) is 0 Å².